The molecule has 0 bridgehead atoms. The molecule has 10 heteroatoms. The van der Waals surface area contributed by atoms with Crippen molar-refractivity contribution < 1.29 is 17.9 Å². The minimum absolute atomic E-state index is 0.0354. The zero-order valence-electron chi connectivity index (χ0n) is 15.9. The molecule has 0 aliphatic carbocycles. The van der Waals surface area contributed by atoms with E-state index in [1.54, 1.807) is 30.3 Å². The molecule has 0 unspecified atom stereocenters. The summed E-state index contributed by atoms with van der Waals surface area (Å²) in [5.74, 6) is -0.124. The molecule has 156 valence electrons. The number of methoxy groups -OCH3 is 1. The molecule has 0 aliphatic rings. The van der Waals surface area contributed by atoms with Crippen molar-refractivity contribution in [3.63, 3.8) is 0 Å². The molecular weight excluding hydrogens is 430 g/mol. The van der Waals surface area contributed by atoms with Gasteiger partial charge >= 0.3 is 0 Å². The van der Waals surface area contributed by atoms with Crippen LogP contribution in [0.5, 0.6) is 5.75 Å². The van der Waals surface area contributed by atoms with Crippen molar-refractivity contribution in [2.75, 3.05) is 7.11 Å². The average Bonchev–Trinajstić information content (AvgIpc) is 2.75. The fourth-order valence-electron chi connectivity index (χ4n) is 2.57. The summed E-state index contributed by atoms with van der Waals surface area (Å²) in [6, 6.07) is 15.0. The first-order valence-electron chi connectivity index (χ1n) is 8.78. The summed E-state index contributed by atoms with van der Waals surface area (Å²) in [6.07, 6.45) is 0. The van der Waals surface area contributed by atoms with E-state index in [9.17, 15) is 18.0 Å². The Kier molecular flexibility index (Phi) is 6.53. The van der Waals surface area contributed by atoms with Crippen LogP contribution in [0.25, 0.3) is 0 Å². The molecule has 2 aromatic carbocycles. The summed E-state index contributed by atoms with van der Waals surface area (Å²) in [4.78, 5) is 24.3. The number of carbonyl (C=O) groups excluding carboxylic acids is 1. The van der Waals surface area contributed by atoms with Gasteiger partial charge in [-0.05, 0) is 42.0 Å². The third-order valence-corrected chi connectivity index (χ3v) is 6.06. The number of hydrogen-bond donors (Lipinski definition) is 1. The summed E-state index contributed by atoms with van der Waals surface area (Å²) >= 11 is 5.82. The van der Waals surface area contributed by atoms with Crippen molar-refractivity contribution in [3.8, 4) is 5.75 Å². The maximum Gasteiger partial charge on any atom is 0.267 e. The standard InChI is InChI=1S/C20H18ClN3O5S/c1-29-16-3-2-4-17(11-16)30(27,28)19-9-10-20(26)24(23-19)13-18(25)22-12-14-5-7-15(21)8-6-14/h2-11H,12-13H2,1H3,(H,22,25). The van der Waals surface area contributed by atoms with Gasteiger partial charge in [0, 0.05) is 17.6 Å². The summed E-state index contributed by atoms with van der Waals surface area (Å²) < 4.78 is 31.6. The molecule has 0 radical (unpaired) electrons. The van der Waals surface area contributed by atoms with Gasteiger partial charge in [-0.3, -0.25) is 9.59 Å². The molecule has 0 atom stereocenters. The zero-order valence-corrected chi connectivity index (χ0v) is 17.5. The number of nitrogens with one attached hydrogen (secondary N) is 1. The second kappa shape index (κ2) is 9.10. The van der Waals surface area contributed by atoms with Gasteiger partial charge in [0.15, 0.2) is 5.03 Å². The highest BCUT2D eigenvalue weighted by Gasteiger charge is 2.21. The van der Waals surface area contributed by atoms with Crippen LogP contribution in [0, 0.1) is 0 Å². The summed E-state index contributed by atoms with van der Waals surface area (Å²) in [7, 11) is -2.58. The second-order valence-corrected chi connectivity index (χ2v) is 8.59. The van der Waals surface area contributed by atoms with Crippen molar-refractivity contribution in [1.82, 2.24) is 15.1 Å². The zero-order chi connectivity index (χ0) is 21.7. The van der Waals surface area contributed by atoms with Crippen LogP contribution in [0.1, 0.15) is 5.56 Å². The molecule has 0 aliphatic heterocycles. The van der Waals surface area contributed by atoms with Gasteiger partial charge in [0.05, 0.1) is 12.0 Å². The molecule has 1 aromatic heterocycles. The Labute approximate surface area is 178 Å². The number of ether oxygens (including phenoxy) is 1. The van der Waals surface area contributed by atoms with E-state index in [1.165, 1.54) is 25.3 Å². The smallest absolute Gasteiger partial charge is 0.267 e. The van der Waals surface area contributed by atoms with E-state index in [-0.39, 0.29) is 16.5 Å². The van der Waals surface area contributed by atoms with Crippen LogP contribution < -0.4 is 15.6 Å². The number of sulfone groups is 1. The molecule has 0 saturated carbocycles. The Morgan fingerprint density at radius 1 is 1.13 bits per heavy atom. The SMILES string of the molecule is COc1cccc(S(=O)(=O)c2ccc(=O)n(CC(=O)NCc3ccc(Cl)cc3)n2)c1. The predicted octanol–water partition coefficient (Wildman–Crippen LogP) is 2.05. The molecule has 0 spiro atoms. The first kappa shape index (κ1) is 21.5. The Bertz CT molecular complexity index is 1220. The molecule has 1 heterocycles. The summed E-state index contributed by atoms with van der Waals surface area (Å²) in [6.45, 7) is -0.194. The lowest BCUT2D eigenvalue weighted by molar-refractivity contribution is -0.122. The highest BCUT2D eigenvalue weighted by Crippen LogP contribution is 2.22. The first-order chi connectivity index (χ1) is 14.3. The molecule has 0 fully saturated rings. The molecule has 0 saturated heterocycles. The number of hydrogen-bond acceptors (Lipinski definition) is 6. The van der Waals surface area contributed by atoms with Gasteiger partial charge in [-0.2, -0.15) is 5.10 Å². The Balaban J connectivity index is 1.78. The number of nitrogens with zero attached hydrogens (tertiary/aromatic N) is 2. The molecular formula is C20H18ClN3O5S. The van der Waals surface area contributed by atoms with Crippen LogP contribution in [0.15, 0.2) is 75.4 Å². The van der Waals surface area contributed by atoms with Crippen LogP contribution in [-0.4, -0.2) is 31.2 Å². The van der Waals surface area contributed by atoms with Crippen LogP contribution in [0.4, 0.5) is 0 Å². The van der Waals surface area contributed by atoms with E-state index in [4.69, 9.17) is 16.3 Å². The molecule has 30 heavy (non-hydrogen) atoms. The lowest BCUT2D eigenvalue weighted by Crippen LogP contribution is -2.33. The van der Waals surface area contributed by atoms with Gasteiger partial charge in [0.25, 0.3) is 5.56 Å². The van der Waals surface area contributed by atoms with Gasteiger partial charge in [-0.15, -0.1) is 0 Å². The average molecular weight is 448 g/mol. The molecule has 3 rings (SSSR count). The highest BCUT2D eigenvalue weighted by molar-refractivity contribution is 7.91. The maximum absolute atomic E-state index is 12.8. The molecule has 3 aromatic rings. The number of halogens is 1. The fourth-order valence-corrected chi connectivity index (χ4v) is 3.92. The van der Waals surface area contributed by atoms with Crippen molar-refractivity contribution in [2.45, 2.75) is 23.0 Å². The number of rotatable bonds is 7. The van der Waals surface area contributed by atoms with Crippen LogP contribution in [0.2, 0.25) is 5.02 Å². The van der Waals surface area contributed by atoms with Gasteiger partial charge < -0.3 is 10.1 Å². The summed E-state index contributed by atoms with van der Waals surface area (Å²) in [5, 5.41) is 6.76. The Hall–Kier alpha value is -3.17. The number of aromatic nitrogens is 2. The van der Waals surface area contributed by atoms with E-state index < -0.39 is 27.8 Å². The van der Waals surface area contributed by atoms with E-state index in [0.29, 0.717) is 10.8 Å². The third kappa shape index (κ3) is 5.05. The lowest BCUT2D eigenvalue weighted by atomic mass is 10.2. The van der Waals surface area contributed by atoms with Crippen LogP contribution in [0.3, 0.4) is 0 Å². The second-order valence-electron chi connectivity index (χ2n) is 6.25. The monoisotopic (exact) mass is 447 g/mol. The van der Waals surface area contributed by atoms with Crippen molar-refractivity contribution >= 4 is 27.3 Å². The van der Waals surface area contributed by atoms with Gasteiger partial charge in [-0.1, -0.05) is 29.8 Å². The van der Waals surface area contributed by atoms with Gasteiger partial charge in [-0.25, -0.2) is 13.1 Å². The normalized spacial score (nSPS) is 11.1. The molecule has 1 amide bonds. The quantitative estimate of drug-likeness (QED) is 0.594. The van der Waals surface area contributed by atoms with Crippen molar-refractivity contribution in [3.05, 3.63) is 81.6 Å². The Morgan fingerprint density at radius 2 is 1.87 bits per heavy atom. The topological polar surface area (TPSA) is 107 Å². The minimum atomic E-state index is -4.00. The molecule has 1 N–H and O–H groups in total. The maximum atomic E-state index is 12.8. The van der Waals surface area contributed by atoms with E-state index >= 15 is 0 Å². The lowest BCUT2D eigenvalue weighted by Gasteiger charge is -2.09. The predicted molar refractivity (Wildman–Crippen MR) is 110 cm³/mol. The van der Waals surface area contributed by atoms with Crippen LogP contribution >= 0.6 is 11.6 Å². The van der Waals surface area contributed by atoms with Gasteiger partial charge in [0.2, 0.25) is 15.7 Å². The third-order valence-electron chi connectivity index (χ3n) is 4.17. The minimum Gasteiger partial charge on any atom is -0.497 e. The van der Waals surface area contributed by atoms with Gasteiger partial charge in [0.1, 0.15) is 12.3 Å². The number of benzene rings is 2. The van der Waals surface area contributed by atoms with E-state index in [0.717, 1.165) is 22.4 Å². The number of amides is 1. The summed E-state index contributed by atoms with van der Waals surface area (Å²) in [5.41, 5.74) is 0.226. The van der Waals surface area contributed by atoms with E-state index in [2.05, 4.69) is 10.4 Å². The van der Waals surface area contributed by atoms with E-state index in [1.807, 2.05) is 0 Å². The Morgan fingerprint density at radius 3 is 2.57 bits per heavy atom. The highest BCUT2D eigenvalue weighted by atomic mass is 35.5. The number of carbonyl (C=O) groups is 1. The first-order valence-corrected chi connectivity index (χ1v) is 10.6. The molecule has 8 nitrogen and oxygen atoms in total. The fraction of sp³-hybridized carbons (Fsp3) is 0.150. The van der Waals surface area contributed by atoms with Crippen molar-refractivity contribution in [2.24, 2.45) is 0 Å². The van der Waals surface area contributed by atoms with Crippen LogP contribution in [-0.2, 0) is 27.7 Å². The largest absolute Gasteiger partial charge is 0.497 e. The van der Waals surface area contributed by atoms with Crippen molar-refractivity contribution in [1.29, 1.82) is 0 Å².